The second-order valence-corrected chi connectivity index (χ2v) is 6.29. The molecule has 2 atom stereocenters. The van der Waals surface area contributed by atoms with Crippen LogP contribution in [0.15, 0.2) is 35.3 Å². The van der Waals surface area contributed by atoms with Gasteiger partial charge in [-0.2, -0.15) is 0 Å². The fraction of sp³-hybridized carbons (Fsp3) is 0.368. The standard InChI is InChI=1S/C19H22N4O2/c1-2-25-18-11-24-10-17(18)22-16-8-19(20)23-15-7-12(3-4-14(15)16)13-5-6-21-9-13/h3-8,17-18H,2,9-11H2,1H3,(H3,20,22,23)/t17-,18-/m0/s1. The number of rotatable bonds is 5. The SMILES string of the molecule is CCO[C@H]1COC[C@@H]1Nc1cc(N)nc2cc(C3=CC=NC3)ccc12. The summed E-state index contributed by atoms with van der Waals surface area (Å²) in [4.78, 5) is 8.75. The number of fused-ring (bicyclic) bond motifs is 1. The van der Waals surface area contributed by atoms with E-state index in [2.05, 4.69) is 33.5 Å². The van der Waals surface area contributed by atoms with Crippen LogP contribution in [0.4, 0.5) is 11.5 Å². The predicted molar refractivity (Wildman–Crippen MR) is 101 cm³/mol. The minimum absolute atomic E-state index is 0.0505. The number of nitrogen functional groups attached to an aromatic ring is 1. The van der Waals surface area contributed by atoms with E-state index in [-0.39, 0.29) is 12.1 Å². The van der Waals surface area contributed by atoms with Crippen LogP contribution in [-0.2, 0) is 9.47 Å². The van der Waals surface area contributed by atoms with Crippen molar-refractivity contribution in [2.75, 3.05) is 37.4 Å². The lowest BCUT2D eigenvalue weighted by Gasteiger charge is -2.21. The molecule has 2 aromatic rings. The molecule has 2 aliphatic rings. The topological polar surface area (TPSA) is 81.8 Å². The molecule has 0 amide bonds. The Morgan fingerprint density at radius 1 is 1.32 bits per heavy atom. The summed E-state index contributed by atoms with van der Waals surface area (Å²) >= 11 is 0. The minimum Gasteiger partial charge on any atom is -0.384 e. The average molecular weight is 338 g/mol. The summed E-state index contributed by atoms with van der Waals surface area (Å²) in [5.41, 5.74) is 10.2. The molecule has 0 unspecified atom stereocenters. The van der Waals surface area contributed by atoms with Gasteiger partial charge < -0.3 is 20.5 Å². The molecule has 1 saturated heterocycles. The summed E-state index contributed by atoms with van der Waals surface area (Å²) in [5, 5.41) is 4.58. The summed E-state index contributed by atoms with van der Waals surface area (Å²) in [6.45, 7) is 4.62. The average Bonchev–Trinajstić information content (AvgIpc) is 3.27. The summed E-state index contributed by atoms with van der Waals surface area (Å²) in [5.74, 6) is 0.496. The van der Waals surface area contributed by atoms with Gasteiger partial charge >= 0.3 is 0 Å². The molecule has 0 spiro atoms. The van der Waals surface area contributed by atoms with Crippen LogP contribution in [0.2, 0.25) is 0 Å². The van der Waals surface area contributed by atoms with E-state index < -0.39 is 0 Å². The molecular weight excluding hydrogens is 316 g/mol. The highest BCUT2D eigenvalue weighted by Crippen LogP contribution is 2.29. The van der Waals surface area contributed by atoms with Gasteiger partial charge in [0.05, 0.1) is 31.3 Å². The van der Waals surface area contributed by atoms with Gasteiger partial charge in [0.2, 0.25) is 0 Å². The number of nitrogens with one attached hydrogen (secondary N) is 1. The lowest BCUT2D eigenvalue weighted by atomic mass is 10.0. The maximum Gasteiger partial charge on any atom is 0.126 e. The Kier molecular flexibility index (Phi) is 4.38. The lowest BCUT2D eigenvalue weighted by Crippen LogP contribution is -2.34. The molecule has 3 N–H and O–H groups in total. The minimum atomic E-state index is 0.0505. The summed E-state index contributed by atoms with van der Waals surface area (Å²) in [7, 11) is 0. The summed E-state index contributed by atoms with van der Waals surface area (Å²) in [6.07, 6.45) is 3.93. The van der Waals surface area contributed by atoms with Gasteiger partial charge in [-0.3, -0.25) is 4.99 Å². The number of ether oxygens (including phenoxy) is 2. The molecule has 6 nitrogen and oxygen atoms in total. The molecule has 1 aromatic heterocycles. The Labute approximate surface area is 146 Å². The third kappa shape index (κ3) is 3.23. The molecule has 6 heteroatoms. The number of anilines is 2. The maximum absolute atomic E-state index is 6.04. The molecular formula is C19H22N4O2. The van der Waals surface area contributed by atoms with Crippen LogP contribution in [0.1, 0.15) is 12.5 Å². The van der Waals surface area contributed by atoms with E-state index in [1.165, 1.54) is 5.57 Å². The Balaban J connectivity index is 1.66. The normalized spacial score (nSPS) is 22.5. The number of nitrogens with zero attached hydrogens (tertiary/aromatic N) is 2. The number of allylic oxidation sites excluding steroid dienone is 1. The van der Waals surface area contributed by atoms with Crippen LogP contribution >= 0.6 is 0 Å². The van der Waals surface area contributed by atoms with Gasteiger partial charge in [-0.25, -0.2) is 4.98 Å². The van der Waals surface area contributed by atoms with E-state index in [0.717, 1.165) is 22.2 Å². The quantitative estimate of drug-likeness (QED) is 0.875. The molecule has 130 valence electrons. The van der Waals surface area contributed by atoms with Gasteiger partial charge in [0.25, 0.3) is 0 Å². The number of pyridine rings is 1. The number of nitrogens with two attached hydrogens (primary N) is 1. The van der Waals surface area contributed by atoms with E-state index in [0.29, 0.717) is 32.2 Å². The van der Waals surface area contributed by atoms with Crippen LogP contribution in [0, 0.1) is 0 Å². The Hall–Kier alpha value is -2.44. The number of aliphatic imine (C=N–C) groups is 1. The van der Waals surface area contributed by atoms with Crippen LogP contribution in [0.25, 0.3) is 16.5 Å². The zero-order valence-corrected chi connectivity index (χ0v) is 14.2. The van der Waals surface area contributed by atoms with Crippen LogP contribution in [0.5, 0.6) is 0 Å². The number of benzene rings is 1. The van der Waals surface area contributed by atoms with E-state index >= 15 is 0 Å². The third-order valence-corrected chi connectivity index (χ3v) is 4.59. The zero-order chi connectivity index (χ0) is 17.2. The van der Waals surface area contributed by atoms with Gasteiger partial charge in [0, 0.05) is 30.0 Å². The molecule has 25 heavy (non-hydrogen) atoms. The Bertz CT molecular complexity index is 847. The fourth-order valence-electron chi connectivity index (χ4n) is 3.35. The predicted octanol–water partition coefficient (Wildman–Crippen LogP) is 2.50. The first kappa shape index (κ1) is 16.1. The monoisotopic (exact) mass is 338 g/mol. The highest BCUT2D eigenvalue weighted by atomic mass is 16.5. The zero-order valence-electron chi connectivity index (χ0n) is 14.2. The molecule has 2 aliphatic heterocycles. The number of hydrogen-bond acceptors (Lipinski definition) is 6. The van der Waals surface area contributed by atoms with Crippen molar-refractivity contribution in [1.29, 1.82) is 0 Å². The molecule has 0 radical (unpaired) electrons. The van der Waals surface area contributed by atoms with E-state index in [4.69, 9.17) is 15.2 Å². The first-order valence-electron chi connectivity index (χ1n) is 8.60. The summed E-state index contributed by atoms with van der Waals surface area (Å²) < 4.78 is 11.3. The first-order chi connectivity index (χ1) is 12.2. The Morgan fingerprint density at radius 2 is 2.24 bits per heavy atom. The highest BCUT2D eigenvalue weighted by Gasteiger charge is 2.29. The van der Waals surface area contributed by atoms with Gasteiger partial charge in [0.1, 0.15) is 11.9 Å². The van der Waals surface area contributed by atoms with Crippen molar-refractivity contribution in [3.8, 4) is 0 Å². The van der Waals surface area contributed by atoms with Crippen molar-refractivity contribution in [2.24, 2.45) is 4.99 Å². The van der Waals surface area contributed by atoms with Crippen molar-refractivity contribution in [3.63, 3.8) is 0 Å². The van der Waals surface area contributed by atoms with E-state index in [1.54, 1.807) is 0 Å². The first-order valence-corrected chi connectivity index (χ1v) is 8.60. The van der Waals surface area contributed by atoms with Gasteiger partial charge in [-0.15, -0.1) is 0 Å². The molecule has 4 rings (SSSR count). The number of aromatic nitrogens is 1. The van der Waals surface area contributed by atoms with Crippen molar-refractivity contribution in [1.82, 2.24) is 4.98 Å². The largest absolute Gasteiger partial charge is 0.384 e. The van der Waals surface area contributed by atoms with E-state index in [9.17, 15) is 0 Å². The maximum atomic E-state index is 6.04. The van der Waals surface area contributed by atoms with Crippen LogP contribution in [-0.4, -0.2) is 49.7 Å². The molecule has 1 aromatic carbocycles. The Morgan fingerprint density at radius 3 is 3.04 bits per heavy atom. The molecule has 3 heterocycles. The van der Waals surface area contributed by atoms with E-state index in [1.807, 2.05) is 25.3 Å². The molecule has 1 fully saturated rings. The highest BCUT2D eigenvalue weighted by molar-refractivity contribution is 5.97. The second-order valence-electron chi connectivity index (χ2n) is 6.29. The van der Waals surface area contributed by atoms with Crippen molar-refractivity contribution in [3.05, 3.63) is 35.9 Å². The van der Waals surface area contributed by atoms with Crippen LogP contribution in [0.3, 0.4) is 0 Å². The molecule has 0 saturated carbocycles. The van der Waals surface area contributed by atoms with Gasteiger partial charge in [-0.1, -0.05) is 12.1 Å². The third-order valence-electron chi connectivity index (χ3n) is 4.59. The van der Waals surface area contributed by atoms with Crippen molar-refractivity contribution >= 4 is 34.2 Å². The van der Waals surface area contributed by atoms with Crippen molar-refractivity contribution in [2.45, 2.75) is 19.1 Å². The summed E-state index contributed by atoms with van der Waals surface area (Å²) in [6, 6.07) is 8.25. The second kappa shape index (κ2) is 6.82. The van der Waals surface area contributed by atoms with Gasteiger partial charge in [-0.05, 0) is 30.2 Å². The van der Waals surface area contributed by atoms with Crippen molar-refractivity contribution < 1.29 is 9.47 Å². The lowest BCUT2D eigenvalue weighted by molar-refractivity contribution is 0.0478. The number of hydrogen-bond donors (Lipinski definition) is 2. The van der Waals surface area contributed by atoms with Gasteiger partial charge in [0.15, 0.2) is 0 Å². The molecule has 0 aliphatic carbocycles. The van der Waals surface area contributed by atoms with Crippen LogP contribution < -0.4 is 11.1 Å². The fourth-order valence-corrected chi connectivity index (χ4v) is 3.35. The smallest absolute Gasteiger partial charge is 0.126 e. The molecule has 0 bridgehead atoms.